The zero-order chi connectivity index (χ0) is 15.2. The Hall–Kier alpha value is -1.72. The lowest BCUT2D eigenvalue weighted by atomic mass is 10.1. The molecule has 1 atom stereocenters. The number of ether oxygens (including phenoxy) is 2. The monoisotopic (exact) mass is 290 g/mol. The van der Waals surface area contributed by atoms with Gasteiger partial charge in [0.25, 0.3) is 0 Å². The molecule has 0 saturated heterocycles. The molecule has 20 heavy (non-hydrogen) atoms. The zero-order valence-electron chi connectivity index (χ0n) is 11.4. The van der Waals surface area contributed by atoms with Crippen molar-refractivity contribution in [1.82, 2.24) is 0 Å². The van der Waals surface area contributed by atoms with Gasteiger partial charge in [-0.05, 0) is 31.0 Å². The molecule has 1 unspecified atom stereocenters. The minimum absolute atomic E-state index is 0.00586. The van der Waals surface area contributed by atoms with E-state index in [4.69, 9.17) is 4.74 Å². The summed E-state index contributed by atoms with van der Waals surface area (Å²) in [6.45, 7) is 1.94. The molecular weight excluding hydrogens is 273 g/mol. The maximum atomic E-state index is 12.6. The number of hydrogen-bond donors (Lipinski definition) is 0. The lowest BCUT2D eigenvalue weighted by Gasteiger charge is -2.17. The Labute approximate surface area is 115 Å². The smallest absolute Gasteiger partial charge is 0.416 e. The Kier molecular flexibility index (Phi) is 5.85. The van der Waals surface area contributed by atoms with Crippen molar-refractivity contribution in [3.63, 3.8) is 0 Å². The van der Waals surface area contributed by atoms with Crippen molar-refractivity contribution in [3.05, 3.63) is 29.8 Å². The molecule has 0 aliphatic rings. The van der Waals surface area contributed by atoms with Crippen LogP contribution >= 0.6 is 0 Å². The van der Waals surface area contributed by atoms with E-state index in [2.05, 4.69) is 4.74 Å². The number of halogens is 3. The minimum atomic E-state index is -4.44. The number of esters is 1. The predicted molar refractivity (Wildman–Crippen MR) is 67.4 cm³/mol. The Morgan fingerprint density at radius 3 is 2.60 bits per heavy atom. The molecule has 1 aromatic carbocycles. The number of rotatable bonds is 6. The summed E-state index contributed by atoms with van der Waals surface area (Å²) >= 11 is 0. The van der Waals surface area contributed by atoms with E-state index in [1.54, 1.807) is 0 Å². The molecule has 0 radical (unpaired) electrons. The fourth-order valence-electron chi connectivity index (χ4n) is 1.66. The van der Waals surface area contributed by atoms with Crippen LogP contribution in [-0.2, 0) is 15.7 Å². The van der Waals surface area contributed by atoms with Gasteiger partial charge in [0.1, 0.15) is 5.75 Å². The number of alkyl halides is 3. The van der Waals surface area contributed by atoms with Crippen molar-refractivity contribution >= 4 is 5.97 Å². The molecule has 0 spiro atoms. The maximum absolute atomic E-state index is 12.6. The predicted octanol–water partition coefficient (Wildman–Crippen LogP) is 3.82. The first kappa shape index (κ1) is 16.3. The average Bonchev–Trinajstić information content (AvgIpc) is 2.42. The van der Waals surface area contributed by atoms with Crippen LogP contribution in [0.25, 0.3) is 0 Å². The largest absolute Gasteiger partial charge is 0.479 e. The lowest BCUT2D eigenvalue weighted by molar-refractivity contribution is -0.149. The van der Waals surface area contributed by atoms with Crippen molar-refractivity contribution in [3.8, 4) is 5.75 Å². The molecule has 1 rings (SSSR count). The van der Waals surface area contributed by atoms with Gasteiger partial charge in [0.2, 0.25) is 0 Å². The molecule has 3 nitrogen and oxygen atoms in total. The van der Waals surface area contributed by atoms with Crippen LogP contribution in [0.15, 0.2) is 24.3 Å². The van der Waals surface area contributed by atoms with Crippen LogP contribution in [0.3, 0.4) is 0 Å². The van der Waals surface area contributed by atoms with Crippen molar-refractivity contribution < 1.29 is 27.4 Å². The SMILES string of the molecule is CCCCC(Oc1cccc(C(F)(F)F)c1)C(=O)OC. The minimum Gasteiger partial charge on any atom is -0.479 e. The van der Waals surface area contributed by atoms with E-state index in [0.717, 1.165) is 25.0 Å². The Balaban J connectivity index is 2.85. The van der Waals surface area contributed by atoms with Crippen molar-refractivity contribution in [2.24, 2.45) is 0 Å². The summed E-state index contributed by atoms with van der Waals surface area (Å²) in [4.78, 5) is 11.5. The third-order valence-corrected chi connectivity index (χ3v) is 2.72. The van der Waals surface area contributed by atoms with Crippen LogP contribution in [0.4, 0.5) is 13.2 Å². The Bertz CT molecular complexity index is 444. The molecule has 0 N–H and O–H groups in total. The van der Waals surface area contributed by atoms with Gasteiger partial charge in [0, 0.05) is 0 Å². The highest BCUT2D eigenvalue weighted by atomic mass is 19.4. The molecule has 0 aromatic heterocycles. The molecule has 0 bridgehead atoms. The standard InChI is InChI=1S/C14H17F3O3/c1-3-4-8-12(13(18)19-2)20-11-7-5-6-10(9-11)14(15,16)17/h5-7,9,12H,3-4,8H2,1-2H3. The normalized spacial score (nSPS) is 12.8. The summed E-state index contributed by atoms with van der Waals surface area (Å²) in [5, 5.41) is 0. The number of carbonyl (C=O) groups is 1. The molecule has 0 amide bonds. The highest BCUT2D eigenvalue weighted by Gasteiger charge is 2.31. The van der Waals surface area contributed by atoms with E-state index in [-0.39, 0.29) is 5.75 Å². The van der Waals surface area contributed by atoms with Crippen molar-refractivity contribution in [2.75, 3.05) is 7.11 Å². The van der Waals surface area contributed by atoms with Crippen LogP contribution in [0.2, 0.25) is 0 Å². The van der Waals surface area contributed by atoms with Gasteiger partial charge in [-0.1, -0.05) is 19.4 Å². The van der Waals surface area contributed by atoms with E-state index in [1.807, 2.05) is 6.92 Å². The van der Waals surface area contributed by atoms with Crippen molar-refractivity contribution in [2.45, 2.75) is 38.5 Å². The van der Waals surface area contributed by atoms with E-state index in [1.165, 1.54) is 19.2 Å². The highest BCUT2D eigenvalue weighted by molar-refractivity contribution is 5.74. The summed E-state index contributed by atoms with van der Waals surface area (Å²) < 4.78 is 47.7. The first-order chi connectivity index (χ1) is 9.38. The van der Waals surface area contributed by atoms with Crippen LogP contribution in [0.5, 0.6) is 5.75 Å². The Morgan fingerprint density at radius 1 is 1.35 bits per heavy atom. The Morgan fingerprint density at radius 2 is 2.05 bits per heavy atom. The first-order valence-corrected chi connectivity index (χ1v) is 6.30. The van der Waals surface area contributed by atoms with E-state index in [9.17, 15) is 18.0 Å². The molecule has 6 heteroatoms. The molecular formula is C14H17F3O3. The first-order valence-electron chi connectivity index (χ1n) is 6.30. The average molecular weight is 290 g/mol. The van der Waals surface area contributed by atoms with Gasteiger partial charge in [-0.3, -0.25) is 0 Å². The number of benzene rings is 1. The maximum Gasteiger partial charge on any atom is 0.416 e. The fraction of sp³-hybridized carbons (Fsp3) is 0.500. The van der Waals surface area contributed by atoms with Crippen LogP contribution < -0.4 is 4.74 Å². The van der Waals surface area contributed by atoms with Crippen LogP contribution in [0.1, 0.15) is 31.7 Å². The molecule has 0 aliphatic carbocycles. The summed E-state index contributed by atoms with van der Waals surface area (Å²) in [6, 6.07) is 4.46. The van der Waals surface area contributed by atoms with Crippen molar-refractivity contribution in [1.29, 1.82) is 0 Å². The summed E-state index contributed by atoms with van der Waals surface area (Å²) in [7, 11) is 1.22. The molecule has 0 fully saturated rings. The van der Waals surface area contributed by atoms with Gasteiger partial charge < -0.3 is 9.47 Å². The molecule has 112 valence electrons. The summed E-state index contributed by atoms with van der Waals surface area (Å²) in [5.41, 5.74) is -0.811. The zero-order valence-corrected chi connectivity index (χ0v) is 11.4. The molecule has 0 heterocycles. The second kappa shape index (κ2) is 7.17. The topological polar surface area (TPSA) is 35.5 Å². The fourth-order valence-corrected chi connectivity index (χ4v) is 1.66. The number of methoxy groups -OCH3 is 1. The van der Waals surface area contributed by atoms with Gasteiger partial charge in [0.15, 0.2) is 6.10 Å². The quantitative estimate of drug-likeness (QED) is 0.747. The van der Waals surface area contributed by atoms with E-state index in [0.29, 0.717) is 6.42 Å². The second-order valence-electron chi connectivity index (χ2n) is 4.30. The van der Waals surface area contributed by atoms with Crippen LogP contribution in [-0.4, -0.2) is 19.2 Å². The van der Waals surface area contributed by atoms with Gasteiger partial charge in [-0.25, -0.2) is 4.79 Å². The number of unbranched alkanes of at least 4 members (excludes halogenated alkanes) is 1. The van der Waals surface area contributed by atoms with E-state index >= 15 is 0 Å². The lowest BCUT2D eigenvalue weighted by Crippen LogP contribution is -2.28. The third-order valence-electron chi connectivity index (χ3n) is 2.72. The van der Waals surface area contributed by atoms with Gasteiger partial charge in [-0.15, -0.1) is 0 Å². The van der Waals surface area contributed by atoms with E-state index < -0.39 is 23.8 Å². The van der Waals surface area contributed by atoms with Gasteiger partial charge in [-0.2, -0.15) is 13.2 Å². The van der Waals surface area contributed by atoms with Crippen LogP contribution in [0, 0.1) is 0 Å². The van der Waals surface area contributed by atoms with Gasteiger partial charge in [0.05, 0.1) is 12.7 Å². The summed E-state index contributed by atoms with van der Waals surface area (Å²) in [5.74, 6) is -0.581. The third kappa shape index (κ3) is 4.75. The molecule has 0 aliphatic heterocycles. The number of hydrogen-bond acceptors (Lipinski definition) is 3. The molecule has 1 aromatic rings. The second-order valence-corrected chi connectivity index (χ2v) is 4.30. The summed E-state index contributed by atoms with van der Waals surface area (Å²) in [6.07, 6.45) is -3.36. The number of carbonyl (C=O) groups excluding carboxylic acids is 1. The molecule has 0 saturated carbocycles. The highest BCUT2D eigenvalue weighted by Crippen LogP contribution is 2.31. The van der Waals surface area contributed by atoms with Gasteiger partial charge >= 0.3 is 12.1 Å².